The molecule has 0 bridgehead atoms. The Kier molecular flexibility index (Phi) is 5.33. The van der Waals surface area contributed by atoms with Crippen molar-refractivity contribution in [2.75, 3.05) is 5.32 Å². The van der Waals surface area contributed by atoms with Gasteiger partial charge in [0.05, 0.1) is 10.6 Å². The van der Waals surface area contributed by atoms with E-state index in [0.29, 0.717) is 11.6 Å². The van der Waals surface area contributed by atoms with E-state index in [9.17, 15) is 9.18 Å². The number of hydrogen-bond acceptors (Lipinski definition) is 3. The summed E-state index contributed by atoms with van der Waals surface area (Å²) in [4.78, 5) is 12.9. The van der Waals surface area contributed by atoms with Gasteiger partial charge in [-0.2, -0.15) is 0 Å². The van der Waals surface area contributed by atoms with Crippen molar-refractivity contribution in [2.24, 2.45) is 0 Å². The van der Waals surface area contributed by atoms with E-state index < -0.39 is 11.7 Å². The van der Waals surface area contributed by atoms with Crippen molar-refractivity contribution >= 4 is 23.2 Å². The predicted molar refractivity (Wildman–Crippen MR) is 105 cm³/mol. The first-order chi connectivity index (χ1) is 12.8. The smallest absolute Gasteiger partial charge is 0.261 e. The van der Waals surface area contributed by atoms with Gasteiger partial charge in [-0.15, -0.1) is 0 Å². The highest BCUT2D eigenvalue weighted by Crippen LogP contribution is 2.34. The SMILES string of the molecule is Cc1cc(NC(=O)c2c(-c3c(F)cccc3Cl)noc2C)ccc1C(C)C. The Morgan fingerprint density at radius 1 is 1.22 bits per heavy atom. The monoisotopic (exact) mass is 386 g/mol. The molecule has 1 N–H and O–H groups in total. The third kappa shape index (κ3) is 3.74. The molecule has 27 heavy (non-hydrogen) atoms. The molecule has 0 aliphatic carbocycles. The first-order valence-electron chi connectivity index (χ1n) is 8.62. The third-order valence-corrected chi connectivity index (χ3v) is 4.75. The fourth-order valence-corrected chi connectivity index (χ4v) is 3.38. The molecule has 1 heterocycles. The minimum Gasteiger partial charge on any atom is -0.360 e. The van der Waals surface area contributed by atoms with Crippen LogP contribution in [-0.2, 0) is 0 Å². The van der Waals surface area contributed by atoms with Crippen molar-refractivity contribution in [1.82, 2.24) is 5.16 Å². The Labute approximate surface area is 162 Å². The quantitative estimate of drug-likeness (QED) is 0.587. The first kappa shape index (κ1) is 19.1. The highest BCUT2D eigenvalue weighted by molar-refractivity contribution is 6.33. The molecule has 140 valence electrons. The van der Waals surface area contributed by atoms with Gasteiger partial charge in [-0.3, -0.25) is 4.79 Å². The lowest BCUT2D eigenvalue weighted by Gasteiger charge is -2.12. The number of hydrogen-bond donors (Lipinski definition) is 1. The highest BCUT2D eigenvalue weighted by atomic mass is 35.5. The van der Waals surface area contributed by atoms with Gasteiger partial charge < -0.3 is 9.84 Å². The Bertz CT molecular complexity index is 991. The summed E-state index contributed by atoms with van der Waals surface area (Å²) < 4.78 is 19.4. The molecule has 3 aromatic rings. The van der Waals surface area contributed by atoms with Gasteiger partial charge in [0, 0.05) is 5.69 Å². The Hall–Kier alpha value is -2.66. The molecule has 0 aliphatic heterocycles. The molecule has 2 aromatic carbocycles. The Morgan fingerprint density at radius 2 is 1.96 bits per heavy atom. The van der Waals surface area contributed by atoms with Crippen LogP contribution >= 0.6 is 11.6 Å². The van der Waals surface area contributed by atoms with Crippen molar-refractivity contribution < 1.29 is 13.7 Å². The molecule has 0 spiro atoms. The van der Waals surface area contributed by atoms with Crippen LogP contribution in [0.1, 0.15) is 47.0 Å². The van der Waals surface area contributed by atoms with E-state index in [1.165, 1.54) is 17.7 Å². The van der Waals surface area contributed by atoms with Crippen molar-refractivity contribution in [3.05, 3.63) is 69.7 Å². The maximum absolute atomic E-state index is 14.3. The first-order valence-corrected chi connectivity index (χ1v) is 9.00. The summed E-state index contributed by atoms with van der Waals surface area (Å²) in [5, 5.41) is 6.86. The lowest BCUT2D eigenvalue weighted by molar-refractivity contribution is 0.102. The van der Waals surface area contributed by atoms with Gasteiger partial charge in [-0.1, -0.05) is 42.7 Å². The lowest BCUT2D eigenvalue weighted by Crippen LogP contribution is -2.14. The van der Waals surface area contributed by atoms with Gasteiger partial charge >= 0.3 is 0 Å². The summed E-state index contributed by atoms with van der Waals surface area (Å²) in [7, 11) is 0. The second-order valence-electron chi connectivity index (χ2n) is 6.74. The van der Waals surface area contributed by atoms with E-state index in [2.05, 4.69) is 24.3 Å². The van der Waals surface area contributed by atoms with Gasteiger partial charge in [0.25, 0.3) is 5.91 Å². The Balaban J connectivity index is 1.97. The maximum Gasteiger partial charge on any atom is 0.261 e. The van der Waals surface area contributed by atoms with Gasteiger partial charge in [-0.25, -0.2) is 4.39 Å². The number of rotatable bonds is 4. The van der Waals surface area contributed by atoms with E-state index in [-0.39, 0.29) is 27.6 Å². The van der Waals surface area contributed by atoms with Crippen molar-refractivity contribution in [3.8, 4) is 11.3 Å². The zero-order valence-electron chi connectivity index (χ0n) is 15.6. The number of aromatic nitrogens is 1. The number of nitrogens with zero attached hydrogens (tertiary/aromatic N) is 1. The van der Waals surface area contributed by atoms with Crippen LogP contribution < -0.4 is 5.32 Å². The number of nitrogens with one attached hydrogen (secondary N) is 1. The summed E-state index contributed by atoms with van der Waals surface area (Å²) in [6, 6.07) is 10.0. The number of benzene rings is 2. The average Bonchev–Trinajstić information content (AvgIpc) is 2.96. The second kappa shape index (κ2) is 7.53. The fraction of sp³-hybridized carbons (Fsp3) is 0.238. The number of carbonyl (C=O) groups excluding carboxylic acids is 1. The number of halogens is 2. The molecule has 1 aromatic heterocycles. The van der Waals surface area contributed by atoms with Crippen LogP contribution in [0.5, 0.6) is 0 Å². The summed E-state index contributed by atoms with van der Waals surface area (Å²) in [5.41, 5.74) is 3.24. The zero-order chi connectivity index (χ0) is 19.7. The van der Waals surface area contributed by atoms with Crippen LogP contribution in [-0.4, -0.2) is 11.1 Å². The van der Waals surface area contributed by atoms with Crippen LogP contribution in [0.25, 0.3) is 11.3 Å². The number of aryl methyl sites for hydroxylation is 2. The lowest BCUT2D eigenvalue weighted by atomic mass is 9.97. The summed E-state index contributed by atoms with van der Waals surface area (Å²) in [6.45, 7) is 7.84. The topological polar surface area (TPSA) is 55.1 Å². The van der Waals surface area contributed by atoms with Gasteiger partial charge in [-0.05, 0) is 55.2 Å². The molecule has 4 nitrogen and oxygen atoms in total. The number of anilines is 1. The van der Waals surface area contributed by atoms with Crippen LogP contribution in [0.2, 0.25) is 5.02 Å². The molecule has 0 atom stereocenters. The second-order valence-corrected chi connectivity index (χ2v) is 7.15. The number of amides is 1. The van der Waals surface area contributed by atoms with Crippen LogP contribution in [0.15, 0.2) is 40.9 Å². The standard InChI is InChI=1S/C21H20ClFN2O2/c1-11(2)15-9-8-14(10-12(15)3)24-21(26)18-13(4)27-25-20(18)19-16(22)6-5-7-17(19)23/h5-11H,1-4H3,(H,24,26). The number of carbonyl (C=O) groups is 1. The summed E-state index contributed by atoms with van der Waals surface area (Å²) in [6.07, 6.45) is 0. The molecule has 0 saturated heterocycles. The third-order valence-electron chi connectivity index (χ3n) is 4.44. The molecule has 1 amide bonds. The fourth-order valence-electron chi connectivity index (χ4n) is 3.13. The molecule has 0 aliphatic rings. The van der Waals surface area contributed by atoms with E-state index >= 15 is 0 Å². The summed E-state index contributed by atoms with van der Waals surface area (Å²) in [5.74, 6) is -0.316. The molecule has 0 radical (unpaired) electrons. The van der Waals surface area contributed by atoms with Crippen LogP contribution in [0.3, 0.4) is 0 Å². The van der Waals surface area contributed by atoms with Crippen LogP contribution in [0, 0.1) is 19.7 Å². The maximum atomic E-state index is 14.3. The van der Waals surface area contributed by atoms with Crippen molar-refractivity contribution in [3.63, 3.8) is 0 Å². The molecule has 6 heteroatoms. The summed E-state index contributed by atoms with van der Waals surface area (Å²) >= 11 is 6.12. The molecule has 0 saturated carbocycles. The van der Waals surface area contributed by atoms with Crippen molar-refractivity contribution in [2.45, 2.75) is 33.6 Å². The normalized spacial score (nSPS) is 11.1. The Morgan fingerprint density at radius 3 is 2.59 bits per heavy atom. The van der Waals surface area contributed by atoms with Crippen molar-refractivity contribution in [1.29, 1.82) is 0 Å². The van der Waals surface area contributed by atoms with Crippen LogP contribution in [0.4, 0.5) is 10.1 Å². The molecular weight excluding hydrogens is 367 g/mol. The minimum absolute atomic E-state index is 0.0486. The van der Waals surface area contributed by atoms with Gasteiger partial charge in [0.15, 0.2) is 0 Å². The van der Waals surface area contributed by atoms with Gasteiger partial charge in [0.1, 0.15) is 22.8 Å². The van der Waals surface area contributed by atoms with Gasteiger partial charge in [0.2, 0.25) is 0 Å². The molecule has 3 rings (SSSR count). The highest BCUT2D eigenvalue weighted by Gasteiger charge is 2.25. The van der Waals surface area contributed by atoms with E-state index in [4.69, 9.17) is 16.1 Å². The predicted octanol–water partition coefficient (Wildman–Crippen LogP) is 6.13. The van der Waals surface area contributed by atoms with E-state index in [1.54, 1.807) is 13.0 Å². The molecular formula is C21H20ClFN2O2. The van der Waals surface area contributed by atoms with E-state index in [1.807, 2.05) is 25.1 Å². The largest absolute Gasteiger partial charge is 0.360 e. The minimum atomic E-state index is -0.568. The average molecular weight is 387 g/mol. The zero-order valence-corrected chi connectivity index (χ0v) is 16.3. The molecule has 0 fully saturated rings. The van der Waals surface area contributed by atoms with E-state index in [0.717, 1.165) is 5.56 Å². The molecule has 0 unspecified atom stereocenters.